The standard InChI is InChI=1S/C16H32O3S/c17-14-15(20)12-10-8-6-4-2-1-3-5-7-9-11-13-16(18)19/h15,17,20H,1-14H2,(H,18,19). The number of rotatable bonds is 15. The first-order chi connectivity index (χ1) is 9.66. The summed E-state index contributed by atoms with van der Waals surface area (Å²) < 4.78 is 0. The Hall–Kier alpha value is -0.220. The molecule has 20 heavy (non-hydrogen) atoms. The molecule has 0 aliphatic heterocycles. The van der Waals surface area contributed by atoms with Gasteiger partial charge < -0.3 is 10.2 Å². The number of aliphatic hydroxyl groups is 1. The van der Waals surface area contributed by atoms with Crippen molar-refractivity contribution in [2.75, 3.05) is 6.61 Å². The van der Waals surface area contributed by atoms with Crippen molar-refractivity contribution < 1.29 is 15.0 Å². The number of hydrogen-bond donors (Lipinski definition) is 3. The van der Waals surface area contributed by atoms with Crippen LogP contribution in [-0.2, 0) is 4.79 Å². The lowest BCUT2D eigenvalue weighted by Crippen LogP contribution is -2.03. The summed E-state index contributed by atoms with van der Waals surface area (Å²) in [6.45, 7) is 0.190. The Labute approximate surface area is 129 Å². The average Bonchev–Trinajstić information content (AvgIpc) is 2.43. The lowest BCUT2D eigenvalue weighted by atomic mass is 10.0. The first-order valence-electron chi connectivity index (χ1n) is 8.17. The van der Waals surface area contributed by atoms with Gasteiger partial charge in [0.2, 0.25) is 0 Å². The molecule has 0 aromatic heterocycles. The highest BCUT2D eigenvalue weighted by Gasteiger charge is 2.00. The van der Waals surface area contributed by atoms with Crippen LogP contribution in [0.2, 0.25) is 0 Å². The maximum absolute atomic E-state index is 10.3. The molecule has 0 radical (unpaired) electrons. The summed E-state index contributed by atoms with van der Waals surface area (Å²) in [6.07, 6.45) is 14.6. The van der Waals surface area contributed by atoms with Crippen LogP contribution in [0.15, 0.2) is 0 Å². The first kappa shape index (κ1) is 19.8. The zero-order valence-electron chi connectivity index (χ0n) is 12.7. The van der Waals surface area contributed by atoms with Crippen molar-refractivity contribution in [1.82, 2.24) is 0 Å². The lowest BCUT2D eigenvalue weighted by molar-refractivity contribution is -0.137. The Kier molecular flexibility index (Phi) is 15.0. The quantitative estimate of drug-likeness (QED) is 0.310. The molecule has 0 aromatic rings. The summed E-state index contributed by atoms with van der Waals surface area (Å²) in [5.74, 6) is -0.673. The predicted octanol–water partition coefficient (Wildman–Crippen LogP) is 4.43. The lowest BCUT2D eigenvalue weighted by Gasteiger charge is -2.06. The number of aliphatic hydroxyl groups excluding tert-OH is 1. The monoisotopic (exact) mass is 304 g/mol. The van der Waals surface area contributed by atoms with E-state index in [0.29, 0.717) is 6.42 Å². The van der Waals surface area contributed by atoms with Crippen LogP contribution < -0.4 is 0 Å². The molecule has 0 saturated heterocycles. The summed E-state index contributed by atoms with van der Waals surface area (Å²) >= 11 is 4.26. The average molecular weight is 304 g/mol. The molecule has 2 N–H and O–H groups in total. The number of carbonyl (C=O) groups is 1. The second kappa shape index (κ2) is 15.2. The summed E-state index contributed by atoms with van der Waals surface area (Å²) in [5, 5.41) is 17.5. The Morgan fingerprint density at radius 1 is 0.800 bits per heavy atom. The van der Waals surface area contributed by atoms with Crippen molar-refractivity contribution in [1.29, 1.82) is 0 Å². The van der Waals surface area contributed by atoms with E-state index in [9.17, 15) is 4.79 Å². The van der Waals surface area contributed by atoms with E-state index in [-0.39, 0.29) is 11.9 Å². The highest BCUT2D eigenvalue weighted by Crippen LogP contribution is 2.13. The van der Waals surface area contributed by atoms with Crippen molar-refractivity contribution in [3.05, 3.63) is 0 Å². The normalized spacial score (nSPS) is 12.5. The third-order valence-corrected chi connectivity index (χ3v) is 4.06. The van der Waals surface area contributed by atoms with Crippen LogP contribution in [0.3, 0.4) is 0 Å². The number of aliphatic carboxylic acids is 1. The number of carboxylic acid groups (broad SMARTS) is 1. The molecule has 0 spiro atoms. The van der Waals surface area contributed by atoms with Gasteiger partial charge >= 0.3 is 5.97 Å². The van der Waals surface area contributed by atoms with Gasteiger partial charge in [-0.2, -0.15) is 12.6 Å². The SMILES string of the molecule is O=C(O)CCCCCCCCCCCCCC(S)CO. The molecular formula is C16H32O3S. The van der Waals surface area contributed by atoms with Gasteiger partial charge in [0, 0.05) is 11.7 Å². The van der Waals surface area contributed by atoms with Crippen molar-refractivity contribution in [2.24, 2.45) is 0 Å². The van der Waals surface area contributed by atoms with E-state index < -0.39 is 5.97 Å². The third kappa shape index (κ3) is 15.8. The van der Waals surface area contributed by atoms with Crippen molar-refractivity contribution in [3.63, 3.8) is 0 Å². The smallest absolute Gasteiger partial charge is 0.303 e. The molecule has 3 nitrogen and oxygen atoms in total. The van der Waals surface area contributed by atoms with E-state index >= 15 is 0 Å². The summed E-state index contributed by atoms with van der Waals surface area (Å²) in [6, 6.07) is 0. The molecular weight excluding hydrogens is 272 g/mol. The van der Waals surface area contributed by atoms with Gasteiger partial charge in [-0.05, 0) is 12.8 Å². The molecule has 1 atom stereocenters. The largest absolute Gasteiger partial charge is 0.481 e. The number of thiol groups is 1. The molecule has 0 fully saturated rings. The van der Waals surface area contributed by atoms with Gasteiger partial charge in [-0.1, -0.05) is 64.2 Å². The van der Waals surface area contributed by atoms with Crippen LogP contribution in [0.5, 0.6) is 0 Å². The van der Waals surface area contributed by atoms with Crippen LogP contribution in [0.1, 0.15) is 83.5 Å². The Morgan fingerprint density at radius 3 is 1.60 bits per heavy atom. The van der Waals surface area contributed by atoms with E-state index in [2.05, 4.69) is 12.6 Å². The molecule has 120 valence electrons. The van der Waals surface area contributed by atoms with Gasteiger partial charge in [-0.3, -0.25) is 4.79 Å². The van der Waals surface area contributed by atoms with Gasteiger partial charge in [0.1, 0.15) is 0 Å². The topological polar surface area (TPSA) is 57.5 Å². The molecule has 4 heteroatoms. The first-order valence-corrected chi connectivity index (χ1v) is 8.69. The summed E-state index contributed by atoms with van der Waals surface area (Å²) in [4.78, 5) is 10.3. The number of hydrogen-bond acceptors (Lipinski definition) is 3. The van der Waals surface area contributed by atoms with Crippen molar-refractivity contribution >= 4 is 18.6 Å². The van der Waals surface area contributed by atoms with Crippen LogP contribution in [0.25, 0.3) is 0 Å². The molecule has 0 aromatic carbocycles. The van der Waals surface area contributed by atoms with E-state index in [0.717, 1.165) is 19.3 Å². The minimum Gasteiger partial charge on any atom is -0.481 e. The third-order valence-electron chi connectivity index (χ3n) is 3.64. The zero-order chi connectivity index (χ0) is 15.1. The van der Waals surface area contributed by atoms with Crippen molar-refractivity contribution in [2.45, 2.75) is 88.7 Å². The summed E-state index contributed by atoms with van der Waals surface area (Å²) in [5.41, 5.74) is 0. The highest BCUT2D eigenvalue weighted by molar-refractivity contribution is 7.81. The van der Waals surface area contributed by atoms with E-state index in [1.807, 2.05) is 0 Å². The minimum absolute atomic E-state index is 0.163. The second-order valence-corrected chi connectivity index (χ2v) is 6.39. The Balaban J connectivity index is 3.01. The van der Waals surface area contributed by atoms with Gasteiger partial charge in [-0.15, -0.1) is 0 Å². The molecule has 0 heterocycles. The van der Waals surface area contributed by atoms with E-state index in [1.54, 1.807) is 0 Å². The van der Waals surface area contributed by atoms with Gasteiger partial charge in [0.05, 0.1) is 6.61 Å². The molecule has 0 rings (SSSR count). The van der Waals surface area contributed by atoms with Crippen LogP contribution >= 0.6 is 12.6 Å². The van der Waals surface area contributed by atoms with Gasteiger partial charge in [-0.25, -0.2) is 0 Å². The van der Waals surface area contributed by atoms with Crippen LogP contribution in [0.4, 0.5) is 0 Å². The van der Waals surface area contributed by atoms with Crippen LogP contribution in [0, 0.1) is 0 Å². The maximum Gasteiger partial charge on any atom is 0.303 e. The van der Waals surface area contributed by atoms with Gasteiger partial charge in [0.15, 0.2) is 0 Å². The molecule has 0 amide bonds. The van der Waals surface area contributed by atoms with E-state index in [1.165, 1.54) is 57.8 Å². The predicted molar refractivity (Wildman–Crippen MR) is 87.5 cm³/mol. The fourth-order valence-electron chi connectivity index (χ4n) is 2.34. The number of carboxylic acids is 1. The molecule has 0 bridgehead atoms. The molecule has 0 aliphatic rings. The summed E-state index contributed by atoms with van der Waals surface area (Å²) in [7, 11) is 0. The van der Waals surface area contributed by atoms with Crippen molar-refractivity contribution in [3.8, 4) is 0 Å². The minimum atomic E-state index is -0.673. The van der Waals surface area contributed by atoms with Gasteiger partial charge in [0.25, 0.3) is 0 Å². The highest BCUT2D eigenvalue weighted by atomic mass is 32.1. The molecule has 0 aliphatic carbocycles. The maximum atomic E-state index is 10.3. The van der Waals surface area contributed by atoms with E-state index in [4.69, 9.17) is 10.2 Å². The van der Waals surface area contributed by atoms with Crippen LogP contribution in [-0.4, -0.2) is 28.0 Å². The second-order valence-electron chi connectivity index (χ2n) is 5.66. The number of unbranched alkanes of at least 4 members (excludes halogenated alkanes) is 10. The fraction of sp³-hybridized carbons (Fsp3) is 0.938. The zero-order valence-corrected chi connectivity index (χ0v) is 13.6. The Morgan fingerprint density at radius 2 is 1.20 bits per heavy atom. The molecule has 1 unspecified atom stereocenters. The Bertz CT molecular complexity index is 222. The molecule has 0 saturated carbocycles. The fourth-order valence-corrected chi connectivity index (χ4v) is 2.52.